The van der Waals surface area contributed by atoms with Gasteiger partial charge in [-0.1, -0.05) is 0 Å². The van der Waals surface area contributed by atoms with Crippen molar-refractivity contribution in [3.63, 3.8) is 0 Å². The quantitative estimate of drug-likeness (QED) is 0.293. The number of aliphatic carboxylic acids is 1. The van der Waals surface area contributed by atoms with Gasteiger partial charge in [0.2, 0.25) is 11.8 Å². The molecule has 0 aliphatic carbocycles. The van der Waals surface area contributed by atoms with E-state index in [4.69, 9.17) is 5.11 Å². The van der Waals surface area contributed by atoms with E-state index in [1.165, 1.54) is 24.3 Å². The van der Waals surface area contributed by atoms with Gasteiger partial charge in [-0.25, -0.2) is 0 Å². The highest BCUT2D eigenvalue weighted by molar-refractivity contribution is 14.1. The molecule has 0 aliphatic rings. The number of benzene rings is 2. The van der Waals surface area contributed by atoms with Crippen LogP contribution in [0.25, 0.3) is 10.9 Å². The summed E-state index contributed by atoms with van der Waals surface area (Å²) < 4.78 is 0.942. The Balaban J connectivity index is 1.70. The van der Waals surface area contributed by atoms with Crippen molar-refractivity contribution in [2.24, 2.45) is 10.2 Å². The molecule has 0 fully saturated rings. The standard InChI is InChI=1S/C19H15IN4O5/c20-11-3-6-14-13(9-11)17(19(29)22-14)23-24-18(28)10-1-4-12(5-2-10)21-15(25)7-8-16(26)27/h1-6,9,22,29H,7-8H2,(H,21,25)(H,26,27). The van der Waals surface area contributed by atoms with Gasteiger partial charge in [0, 0.05) is 26.6 Å². The van der Waals surface area contributed by atoms with Crippen molar-refractivity contribution in [1.29, 1.82) is 0 Å². The molecule has 0 unspecified atom stereocenters. The number of carbonyl (C=O) groups is 3. The second-order valence-corrected chi connectivity index (χ2v) is 7.28. The number of carbonyl (C=O) groups excluding carboxylic acids is 2. The number of aromatic nitrogens is 1. The summed E-state index contributed by atoms with van der Waals surface area (Å²) in [6, 6.07) is 11.4. The normalized spacial score (nSPS) is 11.1. The number of carboxylic acids is 1. The lowest BCUT2D eigenvalue weighted by Crippen LogP contribution is -2.13. The molecule has 0 bridgehead atoms. The van der Waals surface area contributed by atoms with Gasteiger partial charge in [-0.3, -0.25) is 14.4 Å². The first kappa shape index (κ1) is 20.5. The summed E-state index contributed by atoms with van der Waals surface area (Å²) in [4.78, 5) is 37.1. The Bertz CT molecular complexity index is 1120. The summed E-state index contributed by atoms with van der Waals surface area (Å²) in [5.41, 5.74) is 1.52. The summed E-state index contributed by atoms with van der Waals surface area (Å²) in [5.74, 6) is -2.29. The van der Waals surface area contributed by atoms with Gasteiger partial charge in [0.05, 0.1) is 11.9 Å². The maximum atomic E-state index is 12.3. The van der Waals surface area contributed by atoms with Crippen LogP contribution in [-0.4, -0.2) is 33.0 Å². The van der Waals surface area contributed by atoms with Crippen LogP contribution in [0.15, 0.2) is 52.7 Å². The molecule has 9 nitrogen and oxygen atoms in total. The second-order valence-electron chi connectivity index (χ2n) is 6.04. The lowest BCUT2D eigenvalue weighted by atomic mass is 10.2. The van der Waals surface area contributed by atoms with Crippen molar-refractivity contribution >= 4 is 62.7 Å². The fourth-order valence-electron chi connectivity index (χ4n) is 2.53. The molecule has 0 saturated heterocycles. The molecular formula is C19H15IN4O5. The third-order valence-electron chi connectivity index (χ3n) is 3.94. The molecule has 0 spiro atoms. The van der Waals surface area contributed by atoms with E-state index in [2.05, 4.69) is 43.1 Å². The molecular weight excluding hydrogens is 491 g/mol. The minimum atomic E-state index is -1.05. The van der Waals surface area contributed by atoms with Crippen LogP contribution in [0.4, 0.5) is 11.4 Å². The third kappa shape index (κ3) is 5.16. The van der Waals surface area contributed by atoms with Crippen molar-refractivity contribution in [1.82, 2.24) is 4.98 Å². The number of rotatable bonds is 6. The van der Waals surface area contributed by atoms with Crippen molar-refractivity contribution < 1.29 is 24.6 Å². The van der Waals surface area contributed by atoms with E-state index in [1.807, 2.05) is 12.1 Å². The molecule has 0 atom stereocenters. The molecule has 4 N–H and O–H groups in total. The highest BCUT2D eigenvalue weighted by Gasteiger charge is 2.12. The number of carboxylic acid groups (broad SMARTS) is 1. The van der Waals surface area contributed by atoms with Gasteiger partial charge in [0.1, 0.15) is 0 Å². The first-order valence-corrected chi connectivity index (χ1v) is 9.49. The number of aromatic amines is 1. The molecule has 3 rings (SSSR count). The van der Waals surface area contributed by atoms with Crippen LogP contribution >= 0.6 is 22.6 Å². The molecule has 10 heteroatoms. The SMILES string of the molecule is O=C(O)CCC(=O)Nc1ccc(C(=O)N=Nc2c(O)[nH]c3ccc(I)cc23)cc1. The van der Waals surface area contributed by atoms with Crippen molar-refractivity contribution in [3.05, 3.63) is 51.6 Å². The molecule has 1 heterocycles. The summed E-state index contributed by atoms with van der Waals surface area (Å²) in [5, 5.41) is 29.3. The number of halogens is 1. The lowest BCUT2D eigenvalue weighted by Gasteiger charge is -2.04. The first-order valence-electron chi connectivity index (χ1n) is 8.41. The number of hydrogen-bond donors (Lipinski definition) is 4. The van der Waals surface area contributed by atoms with Crippen LogP contribution in [0.1, 0.15) is 23.2 Å². The Hall–Kier alpha value is -3.28. The maximum Gasteiger partial charge on any atom is 0.303 e. The van der Waals surface area contributed by atoms with E-state index in [1.54, 1.807) is 6.07 Å². The van der Waals surface area contributed by atoms with E-state index in [0.29, 0.717) is 16.6 Å². The lowest BCUT2D eigenvalue weighted by molar-refractivity contribution is -0.138. The zero-order valence-corrected chi connectivity index (χ0v) is 17.0. The number of aromatic hydroxyl groups is 1. The number of amides is 2. The highest BCUT2D eigenvalue weighted by Crippen LogP contribution is 2.36. The van der Waals surface area contributed by atoms with Gasteiger partial charge in [-0.15, -0.1) is 10.2 Å². The second kappa shape index (κ2) is 8.82. The number of hydrogen-bond acceptors (Lipinski definition) is 5. The average molecular weight is 506 g/mol. The first-order chi connectivity index (χ1) is 13.8. The fraction of sp³-hybridized carbons (Fsp3) is 0.105. The number of fused-ring (bicyclic) bond motifs is 1. The third-order valence-corrected chi connectivity index (χ3v) is 4.61. The Morgan fingerprint density at radius 2 is 1.79 bits per heavy atom. The van der Waals surface area contributed by atoms with E-state index in [-0.39, 0.29) is 30.0 Å². The van der Waals surface area contributed by atoms with Crippen molar-refractivity contribution in [2.45, 2.75) is 12.8 Å². The molecule has 1 aromatic heterocycles. The number of nitrogens with one attached hydrogen (secondary N) is 2. The van der Waals surface area contributed by atoms with E-state index < -0.39 is 17.8 Å². The monoisotopic (exact) mass is 506 g/mol. The summed E-state index contributed by atoms with van der Waals surface area (Å²) in [6.07, 6.45) is -0.403. The average Bonchev–Trinajstić information content (AvgIpc) is 2.99. The number of anilines is 1. The van der Waals surface area contributed by atoms with E-state index in [9.17, 15) is 19.5 Å². The molecule has 148 valence electrons. The number of azo groups is 1. The molecule has 0 saturated carbocycles. The number of nitrogens with zero attached hydrogens (tertiary/aromatic N) is 2. The van der Waals surface area contributed by atoms with Gasteiger partial charge in [-0.2, -0.15) is 0 Å². The highest BCUT2D eigenvalue weighted by atomic mass is 127. The van der Waals surface area contributed by atoms with Gasteiger partial charge in [0.25, 0.3) is 5.91 Å². The van der Waals surface area contributed by atoms with E-state index >= 15 is 0 Å². The summed E-state index contributed by atoms with van der Waals surface area (Å²) in [7, 11) is 0. The molecule has 2 amide bonds. The topological polar surface area (TPSA) is 144 Å². The van der Waals surface area contributed by atoms with Crippen LogP contribution in [-0.2, 0) is 9.59 Å². The zero-order chi connectivity index (χ0) is 21.0. The van der Waals surface area contributed by atoms with Crippen LogP contribution in [0, 0.1) is 3.57 Å². The Labute approximate surface area is 178 Å². The smallest absolute Gasteiger partial charge is 0.303 e. The minimum absolute atomic E-state index is 0.142. The predicted octanol–water partition coefficient (Wildman–Crippen LogP) is 4.21. The molecule has 3 aromatic rings. The van der Waals surface area contributed by atoms with Crippen LogP contribution < -0.4 is 5.32 Å². The Morgan fingerprint density at radius 3 is 2.48 bits per heavy atom. The molecule has 2 aromatic carbocycles. The molecule has 29 heavy (non-hydrogen) atoms. The predicted molar refractivity (Wildman–Crippen MR) is 113 cm³/mol. The van der Waals surface area contributed by atoms with Crippen molar-refractivity contribution in [3.8, 4) is 5.88 Å². The summed E-state index contributed by atoms with van der Waals surface area (Å²) in [6.45, 7) is 0. The van der Waals surface area contributed by atoms with Gasteiger partial charge >= 0.3 is 5.97 Å². The largest absolute Gasteiger partial charge is 0.493 e. The molecule has 0 radical (unpaired) electrons. The number of H-pyrrole nitrogens is 1. The Morgan fingerprint density at radius 1 is 1.07 bits per heavy atom. The Kier molecular flexibility index (Phi) is 6.22. The van der Waals surface area contributed by atoms with Gasteiger partial charge in [-0.05, 0) is 65.1 Å². The van der Waals surface area contributed by atoms with E-state index in [0.717, 1.165) is 3.57 Å². The minimum Gasteiger partial charge on any atom is -0.493 e. The maximum absolute atomic E-state index is 12.3. The molecule has 0 aliphatic heterocycles. The van der Waals surface area contributed by atoms with Gasteiger partial charge in [0.15, 0.2) is 5.69 Å². The van der Waals surface area contributed by atoms with Crippen LogP contribution in [0.3, 0.4) is 0 Å². The van der Waals surface area contributed by atoms with Crippen LogP contribution in [0.5, 0.6) is 5.88 Å². The van der Waals surface area contributed by atoms with Gasteiger partial charge < -0.3 is 20.5 Å². The van der Waals surface area contributed by atoms with Crippen molar-refractivity contribution in [2.75, 3.05) is 5.32 Å². The summed E-state index contributed by atoms with van der Waals surface area (Å²) >= 11 is 2.13. The fourth-order valence-corrected chi connectivity index (χ4v) is 3.02. The zero-order valence-electron chi connectivity index (χ0n) is 14.8. The van der Waals surface area contributed by atoms with Crippen LogP contribution in [0.2, 0.25) is 0 Å².